The van der Waals surface area contributed by atoms with Crippen molar-refractivity contribution < 1.29 is 31.2 Å². The lowest BCUT2D eigenvalue weighted by atomic mass is 10.0. The molecular formula is C31H35ClF3N3O4S. The van der Waals surface area contributed by atoms with E-state index < -0.39 is 51.9 Å². The fourth-order valence-corrected chi connectivity index (χ4v) is 5.46. The molecule has 0 saturated heterocycles. The van der Waals surface area contributed by atoms with E-state index >= 15 is 0 Å². The number of hydrogen-bond acceptors (Lipinski definition) is 4. The normalized spacial score (nSPS) is 12.6. The molecule has 0 aliphatic carbocycles. The molecule has 1 atom stereocenters. The van der Waals surface area contributed by atoms with Crippen LogP contribution in [0, 0.1) is 12.8 Å². The van der Waals surface area contributed by atoms with Gasteiger partial charge < -0.3 is 10.2 Å². The van der Waals surface area contributed by atoms with Gasteiger partial charge in [-0.3, -0.25) is 13.9 Å². The first-order valence-electron chi connectivity index (χ1n) is 13.6. The minimum Gasteiger partial charge on any atom is -0.354 e. The van der Waals surface area contributed by atoms with E-state index in [-0.39, 0.29) is 23.9 Å². The highest BCUT2D eigenvalue weighted by atomic mass is 35.5. The first kappa shape index (κ1) is 33.9. The Morgan fingerprint density at radius 2 is 1.58 bits per heavy atom. The van der Waals surface area contributed by atoms with Crippen LogP contribution in [0.3, 0.4) is 0 Å². The SMILES string of the molecule is Cc1ccc(CN(C(=O)CN(c2cc(C(F)(F)F)ccc2Cl)S(C)(=O)=O)[C@@H](Cc2ccccc2)C(=O)NCC(C)C)cc1. The van der Waals surface area contributed by atoms with Crippen molar-refractivity contribution >= 4 is 39.1 Å². The minimum absolute atomic E-state index is 0.0559. The van der Waals surface area contributed by atoms with E-state index in [2.05, 4.69) is 5.32 Å². The zero-order chi connectivity index (χ0) is 31.9. The van der Waals surface area contributed by atoms with Crippen molar-refractivity contribution in [3.05, 3.63) is 100 Å². The van der Waals surface area contributed by atoms with Gasteiger partial charge in [0.15, 0.2) is 0 Å². The van der Waals surface area contributed by atoms with E-state index in [0.717, 1.165) is 29.5 Å². The molecule has 0 aliphatic rings. The standard InChI is InChI=1S/C31H35ClF3N3O4S/c1-21(2)18-36-30(40)28(16-23-8-6-5-7-9-23)37(19-24-12-10-22(3)11-13-24)29(39)20-38(43(4,41)42)27-17-25(31(33,34)35)14-15-26(27)32/h5-15,17,21,28H,16,18-20H2,1-4H3,(H,36,40)/t28-/m0/s1. The highest BCUT2D eigenvalue weighted by Gasteiger charge is 2.36. The van der Waals surface area contributed by atoms with Gasteiger partial charge in [-0.1, -0.05) is 85.6 Å². The fourth-order valence-electron chi connectivity index (χ4n) is 4.34. The molecule has 0 unspecified atom stereocenters. The first-order valence-corrected chi connectivity index (χ1v) is 15.8. The number of benzene rings is 3. The predicted octanol–water partition coefficient (Wildman–Crippen LogP) is 5.85. The number of hydrogen-bond donors (Lipinski definition) is 1. The molecule has 0 saturated carbocycles. The van der Waals surface area contributed by atoms with Gasteiger partial charge >= 0.3 is 6.18 Å². The minimum atomic E-state index is -4.78. The zero-order valence-corrected chi connectivity index (χ0v) is 25.9. The van der Waals surface area contributed by atoms with E-state index in [1.807, 2.05) is 51.1 Å². The Balaban J connectivity index is 2.10. The third-order valence-electron chi connectivity index (χ3n) is 6.65. The van der Waals surface area contributed by atoms with Gasteiger partial charge in [0, 0.05) is 19.5 Å². The van der Waals surface area contributed by atoms with Gasteiger partial charge in [0.05, 0.1) is 22.5 Å². The highest BCUT2D eigenvalue weighted by Crippen LogP contribution is 2.36. The molecule has 0 aliphatic heterocycles. The van der Waals surface area contributed by atoms with E-state index in [1.165, 1.54) is 4.90 Å². The number of aryl methyl sites for hydroxylation is 1. The average Bonchev–Trinajstić information content (AvgIpc) is 2.93. The number of amides is 2. The fraction of sp³-hybridized carbons (Fsp3) is 0.355. The van der Waals surface area contributed by atoms with Gasteiger partial charge in [0.1, 0.15) is 12.6 Å². The van der Waals surface area contributed by atoms with E-state index in [9.17, 15) is 31.2 Å². The van der Waals surface area contributed by atoms with Crippen LogP contribution in [0.4, 0.5) is 18.9 Å². The molecule has 0 heterocycles. The molecule has 3 rings (SSSR count). The molecule has 3 aromatic carbocycles. The zero-order valence-electron chi connectivity index (χ0n) is 24.4. The third kappa shape index (κ3) is 9.72. The second kappa shape index (κ2) is 14.3. The summed E-state index contributed by atoms with van der Waals surface area (Å²) in [6.45, 7) is 5.14. The summed E-state index contributed by atoms with van der Waals surface area (Å²) in [6, 6.07) is 17.5. The maximum Gasteiger partial charge on any atom is 0.416 e. The molecule has 0 radical (unpaired) electrons. The monoisotopic (exact) mass is 637 g/mol. The van der Waals surface area contributed by atoms with Crippen molar-refractivity contribution in [2.45, 2.75) is 46.0 Å². The Labute approximate surface area is 255 Å². The molecule has 0 aromatic heterocycles. The lowest BCUT2D eigenvalue weighted by Gasteiger charge is -2.34. The van der Waals surface area contributed by atoms with Crippen LogP contribution >= 0.6 is 11.6 Å². The lowest BCUT2D eigenvalue weighted by Crippen LogP contribution is -2.53. The summed E-state index contributed by atoms with van der Waals surface area (Å²) in [6.07, 6.45) is -3.89. The highest BCUT2D eigenvalue weighted by molar-refractivity contribution is 7.92. The molecule has 232 valence electrons. The molecule has 3 aromatic rings. The molecule has 0 spiro atoms. The third-order valence-corrected chi connectivity index (χ3v) is 8.10. The summed E-state index contributed by atoms with van der Waals surface area (Å²) in [4.78, 5) is 29.0. The average molecular weight is 638 g/mol. The number of carbonyl (C=O) groups is 2. The van der Waals surface area contributed by atoms with Crippen molar-refractivity contribution in [2.24, 2.45) is 5.92 Å². The summed E-state index contributed by atoms with van der Waals surface area (Å²) in [7, 11) is -4.30. The molecule has 2 amide bonds. The summed E-state index contributed by atoms with van der Waals surface area (Å²) in [5.41, 5.74) is 0.789. The number of alkyl halides is 3. The Kier molecular flexibility index (Phi) is 11.3. The summed E-state index contributed by atoms with van der Waals surface area (Å²) < 4.78 is 66.9. The van der Waals surface area contributed by atoms with Crippen molar-refractivity contribution in [1.29, 1.82) is 0 Å². The van der Waals surface area contributed by atoms with Crippen LogP contribution in [-0.4, -0.2) is 50.5 Å². The van der Waals surface area contributed by atoms with Crippen LogP contribution in [0.5, 0.6) is 0 Å². The number of anilines is 1. The second-order valence-electron chi connectivity index (χ2n) is 10.8. The van der Waals surface area contributed by atoms with Crippen LogP contribution in [0.15, 0.2) is 72.8 Å². The van der Waals surface area contributed by atoms with Crippen LogP contribution in [0.2, 0.25) is 5.02 Å². The first-order chi connectivity index (χ1) is 20.1. The van der Waals surface area contributed by atoms with Crippen LogP contribution in [0.25, 0.3) is 0 Å². The van der Waals surface area contributed by atoms with Crippen molar-refractivity contribution in [3.8, 4) is 0 Å². The Hall–Kier alpha value is -3.57. The maximum absolute atomic E-state index is 14.1. The van der Waals surface area contributed by atoms with Crippen molar-refractivity contribution in [2.75, 3.05) is 23.7 Å². The van der Waals surface area contributed by atoms with Gasteiger partial charge in [0.2, 0.25) is 21.8 Å². The van der Waals surface area contributed by atoms with Gasteiger partial charge in [0.25, 0.3) is 0 Å². The van der Waals surface area contributed by atoms with Crippen molar-refractivity contribution in [1.82, 2.24) is 10.2 Å². The number of halogens is 4. The van der Waals surface area contributed by atoms with E-state index in [1.54, 1.807) is 24.3 Å². The van der Waals surface area contributed by atoms with Crippen molar-refractivity contribution in [3.63, 3.8) is 0 Å². The lowest BCUT2D eigenvalue weighted by molar-refractivity contribution is -0.140. The number of sulfonamides is 1. The number of nitrogens with zero attached hydrogens (tertiary/aromatic N) is 2. The second-order valence-corrected chi connectivity index (χ2v) is 13.1. The van der Waals surface area contributed by atoms with Crippen LogP contribution < -0.4 is 9.62 Å². The van der Waals surface area contributed by atoms with Gasteiger partial charge in [-0.2, -0.15) is 13.2 Å². The molecule has 0 bridgehead atoms. The molecular weight excluding hydrogens is 603 g/mol. The quantitative estimate of drug-likeness (QED) is 0.270. The van der Waals surface area contributed by atoms with Crippen LogP contribution in [-0.2, 0) is 38.8 Å². The number of rotatable bonds is 12. The van der Waals surface area contributed by atoms with Gasteiger partial charge in [-0.05, 0) is 42.2 Å². The Morgan fingerprint density at radius 1 is 0.953 bits per heavy atom. The smallest absolute Gasteiger partial charge is 0.354 e. The van der Waals surface area contributed by atoms with Gasteiger partial charge in [-0.15, -0.1) is 0 Å². The molecule has 12 heteroatoms. The molecule has 1 N–H and O–H groups in total. The summed E-state index contributed by atoms with van der Waals surface area (Å²) in [5, 5.41) is 2.58. The largest absolute Gasteiger partial charge is 0.416 e. The van der Waals surface area contributed by atoms with E-state index in [0.29, 0.717) is 22.5 Å². The molecule has 7 nitrogen and oxygen atoms in total. The number of nitrogens with one attached hydrogen (secondary N) is 1. The molecule has 0 fully saturated rings. The Morgan fingerprint density at radius 3 is 2.14 bits per heavy atom. The Bertz CT molecular complexity index is 1520. The van der Waals surface area contributed by atoms with E-state index in [4.69, 9.17) is 11.6 Å². The van der Waals surface area contributed by atoms with Crippen LogP contribution in [0.1, 0.15) is 36.1 Å². The summed E-state index contributed by atoms with van der Waals surface area (Å²) in [5.74, 6) is -1.12. The maximum atomic E-state index is 14.1. The predicted molar refractivity (Wildman–Crippen MR) is 162 cm³/mol. The van der Waals surface area contributed by atoms with Gasteiger partial charge in [-0.25, -0.2) is 8.42 Å². The summed E-state index contributed by atoms with van der Waals surface area (Å²) >= 11 is 6.18. The topological polar surface area (TPSA) is 86.8 Å². The molecule has 43 heavy (non-hydrogen) atoms. The number of carbonyl (C=O) groups excluding carboxylic acids is 2.